The van der Waals surface area contributed by atoms with Gasteiger partial charge < -0.3 is 14.6 Å². The van der Waals surface area contributed by atoms with Gasteiger partial charge in [-0.3, -0.25) is 14.4 Å². The summed E-state index contributed by atoms with van der Waals surface area (Å²) < 4.78 is 29.8. The standard InChI is InChI=1S/C35H28Cl2N2O6S/c1-46(43,44)26-9-5-6-21(16-26)17-29(33(40)23-7-3-2-4-8-23)38-34(41)31-28(36)18-25-20-39(14-12-27(25)32(31)37)35(42)24-11-10-22-13-15-45-30(22)19-24/h2-11,13,15-16,18-19,29H,12,14,17,20H2,1H3,(H,38,41)/t29-/m0/s1. The Morgan fingerprint density at radius 1 is 0.935 bits per heavy atom. The maximum absolute atomic E-state index is 13.8. The predicted octanol–water partition coefficient (Wildman–Crippen LogP) is 6.57. The quantitative estimate of drug-likeness (QED) is 0.186. The minimum Gasteiger partial charge on any atom is -0.464 e. The number of benzene rings is 4. The number of rotatable bonds is 8. The van der Waals surface area contributed by atoms with Crippen molar-refractivity contribution >= 4 is 61.6 Å². The van der Waals surface area contributed by atoms with E-state index in [9.17, 15) is 22.8 Å². The molecule has 0 fully saturated rings. The summed E-state index contributed by atoms with van der Waals surface area (Å²) >= 11 is 13.5. The van der Waals surface area contributed by atoms with Gasteiger partial charge in [-0.15, -0.1) is 0 Å². The van der Waals surface area contributed by atoms with Crippen LogP contribution in [0.2, 0.25) is 10.0 Å². The van der Waals surface area contributed by atoms with Crippen molar-refractivity contribution in [3.8, 4) is 0 Å². The average molecular weight is 676 g/mol. The van der Waals surface area contributed by atoms with Crippen molar-refractivity contribution in [3.63, 3.8) is 0 Å². The lowest BCUT2D eigenvalue weighted by molar-refractivity contribution is 0.0734. The Labute approximate surface area is 275 Å². The molecule has 2 heterocycles. The van der Waals surface area contributed by atoms with Crippen LogP contribution in [0.1, 0.15) is 47.8 Å². The van der Waals surface area contributed by atoms with Gasteiger partial charge in [0.25, 0.3) is 11.8 Å². The second-order valence-electron chi connectivity index (χ2n) is 11.2. The molecule has 0 saturated carbocycles. The van der Waals surface area contributed by atoms with Gasteiger partial charge in [0.1, 0.15) is 5.58 Å². The summed E-state index contributed by atoms with van der Waals surface area (Å²) in [6.07, 6.45) is 3.11. The molecule has 6 rings (SSSR count). The molecule has 4 aromatic carbocycles. The van der Waals surface area contributed by atoms with Gasteiger partial charge in [-0.1, -0.05) is 71.7 Å². The molecule has 5 aromatic rings. The van der Waals surface area contributed by atoms with Crippen molar-refractivity contribution in [3.05, 3.63) is 135 Å². The van der Waals surface area contributed by atoms with Crippen molar-refractivity contribution in [1.82, 2.24) is 10.2 Å². The van der Waals surface area contributed by atoms with E-state index in [1.807, 2.05) is 12.1 Å². The highest BCUT2D eigenvalue weighted by Gasteiger charge is 2.30. The summed E-state index contributed by atoms with van der Waals surface area (Å²) in [6, 6.07) is 22.5. The highest BCUT2D eigenvalue weighted by Crippen LogP contribution is 2.35. The van der Waals surface area contributed by atoms with Gasteiger partial charge in [-0.05, 0) is 59.5 Å². The van der Waals surface area contributed by atoms with Crippen LogP contribution in [0.5, 0.6) is 0 Å². The molecule has 46 heavy (non-hydrogen) atoms. The van der Waals surface area contributed by atoms with E-state index in [2.05, 4.69) is 5.32 Å². The number of nitrogens with one attached hydrogen (secondary N) is 1. The van der Waals surface area contributed by atoms with Crippen LogP contribution in [-0.2, 0) is 29.2 Å². The van der Waals surface area contributed by atoms with Gasteiger partial charge >= 0.3 is 0 Å². The molecule has 234 valence electrons. The molecule has 0 radical (unpaired) electrons. The first-order chi connectivity index (χ1) is 22.0. The number of carbonyl (C=O) groups is 3. The maximum atomic E-state index is 13.8. The molecule has 0 bridgehead atoms. The summed E-state index contributed by atoms with van der Waals surface area (Å²) in [5.74, 6) is -1.16. The summed E-state index contributed by atoms with van der Waals surface area (Å²) in [6.45, 7) is 0.619. The van der Waals surface area contributed by atoms with Crippen LogP contribution < -0.4 is 5.32 Å². The van der Waals surface area contributed by atoms with Crippen LogP contribution in [0.4, 0.5) is 0 Å². The molecule has 2 amide bonds. The molecule has 11 heteroatoms. The summed E-state index contributed by atoms with van der Waals surface area (Å²) in [5.41, 5.74) is 3.50. The van der Waals surface area contributed by atoms with E-state index >= 15 is 0 Å². The monoisotopic (exact) mass is 674 g/mol. The summed E-state index contributed by atoms with van der Waals surface area (Å²) in [5, 5.41) is 3.95. The molecule has 1 atom stereocenters. The number of amides is 2. The number of sulfone groups is 1. The van der Waals surface area contributed by atoms with Crippen LogP contribution in [0.15, 0.2) is 101 Å². The van der Waals surface area contributed by atoms with Crippen LogP contribution in [0.3, 0.4) is 0 Å². The van der Waals surface area contributed by atoms with Crippen molar-refractivity contribution in [1.29, 1.82) is 0 Å². The fourth-order valence-electron chi connectivity index (χ4n) is 5.69. The number of carbonyl (C=O) groups excluding carboxylic acids is 3. The fourth-order valence-corrected chi connectivity index (χ4v) is 7.14. The Morgan fingerprint density at radius 3 is 2.48 bits per heavy atom. The van der Waals surface area contributed by atoms with E-state index < -0.39 is 21.8 Å². The van der Waals surface area contributed by atoms with Crippen LogP contribution in [0.25, 0.3) is 11.0 Å². The average Bonchev–Trinajstić information content (AvgIpc) is 3.52. The van der Waals surface area contributed by atoms with Crippen molar-refractivity contribution in [2.24, 2.45) is 0 Å². The lowest BCUT2D eigenvalue weighted by Gasteiger charge is -2.30. The van der Waals surface area contributed by atoms with Crippen LogP contribution in [0, 0.1) is 0 Å². The zero-order valence-electron chi connectivity index (χ0n) is 24.6. The fraction of sp³-hybridized carbons (Fsp3) is 0.171. The minimum absolute atomic E-state index is 0.0286. The Kier molecular flexibility index (Phi) is 8.74. The third-order valence-corrected chi connectivity index (χ3v) is 9.89. The van der Waals surface area contributed by atoms with Crippen molar-refractivity contribution in [2.45, 2.75) is 30.3 Å². The Morgan fingerprint density at radius 2 is 1.72 bits per heavy atom. The van der Waals surface area contributed by atoms with Gasteiger partial charge in [0, 0.05) is 42.3 Å². The number of halogens is 2. The molecule has 0 unspecified atom stereocenters. The van der Waals surface area contributed by atoms with Gasteiger partial charge in [-0.25, -0.2) is 8.42 Å². The van der Waals surface area contributed by atoms with E-state index in [1.165, 1.54) is 12.1 Å². The third kappa shape index (κ3) is 6.44. The number of ketones is 1. The topological polar surface area (TPSA) is 114 Å². The van der Waals surface area contributed by atoms with Crippen LogP contribution in [-0.4, -0.2) is 49.8 Å². The first kappa shape index (κ1) is 31.5. The summed E-state index contributed by atoms with van der Waals surface area (Å²) in [4.78, 5) is 42.5. The predicted molar refractivity (Wildman–Crippen MR) is 176 cm³/mol. The number of furan rings is 1. The molecule has 1 aliphatic heterocycles. The SMILES string of the molecule is CS(=O)(=O)c1cccc(C[C@H](NC(=O)c2c(Cl)cc3c(c2Cl)CCN(C(=O)c2ccc4ccoc4c2)C3)C(=O)c2ccccc2)c1. The maximum Gasteiger partial charge on any atom is 0.254 e. The Bertz CT molecular complexity index is 2110. The highest BCUT2D eigenvalue weighted by atomic mass is 35.5. The first-order valence-electron chi connectivity index (χ1n) is 14.4. The van der Waals surface area contributed by atoms with Gasteiger partial charge in [0.05, 0.1) is 32.8 Å². The lowest BCUT2D eigenvalue weighted by Crippen LogP contribution is -2.43. The molecule has 1 aliphatic rings. The minimum atomic E-state index is -3.49. The number of hydrogen-bond donors (Lipinski definition) is 1. The smallest absolute Gasteiger partial charge is 0.254 e. The Balaban J connectivity index is 1.26. The summed E-state index contributed by atoms with van der Waals surface area (Å²) in [7, 11) is -3.49. The zero-order chi connectivity index (χ0) is 32.6. The number of fused-ring (bicyclic) bond motifs is 2. The third-order valence-electron chi connectivity index (χ3n) is 8.07. The lowest BCUT2D eigenvalue weighted by atomic mass is 9.94. The second kappa shape index (κ2) is 12.7. The first-order valence-corrected chi connectivity index (χ1v) is 17.1. The van der Waals surface area contributed by atoms with Gasteiger partial charge in [0.15, 0.2) is 15.6 Å². The number of nitrogens with zero attached hydrogens (tertiary/aromatic N) is 1. The molecule has 0 saturated heterocycles. The molecule has 1 aromatic heterocycles. The van der Waals surface area contributed by atoms with Gasteiger partial charge in [0.2, 0.25) is 0 Å². The van der Waals surface area contributed by atoms with Crippen molar-refractivity contribution < 1.29 is 27.2 Å². The molecule has 1 N–H and O–H groups in total. The molecule has 0 spiro atoms. The molecule has 0 aliphatic carbocycles. The van der Waals surface area contributed by atoms with Crippen LogP contribution >= 0.6 is 23.2 Å². The largest absolute Gasteiger partial charge is 0.464 e. The number of hydrogen-bond acceptors (Lipinski definition) is 6. The van der Waals surface area contributed by atoms with E-state index in [0.717, 1.165) is 17.2 Å². The normalized spacial score (nSPS) is 13.7. The van der Waals surface area contributed by atoms with Gasteiger partial charge in [-0.2, -0.15) is 0 Å². The molecular formula is C35H28Cl2N2O6S. The van der Waals surface area contributed by atoms with E-state index in [4.69, 9.17) is 27.6 Å². The second-order valence-corrected chi connectivity index (χ2v) is 14.0. The van der Waals surface area contributed by atoms with E-state index in [-0.39, 0.29) is 45.2 Å². The van der Waals surface area contributed by atoms with E-state index in [0.29, 0.717) is 40.8 Å². The molecular weight excluding hydrogens is 647 g/mol. The zero-order valence-corrected chi connectivity index (χ0v) is 27.0. The highest BCUT2D eigenvalue weighted by molar-refractivity contribution is 7.90. The number of Topliss-reactive ketones (excluding diaryl/α,β-unsaturated/α-hetero) is 1. The van der Waals surface area contributed by atoms with Crippen molar-refractivity contribution in [2.75, 3.05) is 12.8 Å². The molecule has 8 nitrogen and oxygen atoms in total. The van der Waals surface area contributed by atoms with E-state index in [1.54, 1.807) is 71.8 Å². The Hall–Kier alpha value is -4.44.